The minimum Gasteiger partial charge on any atom is -0.358 e. The predicted molar refractivity (Wildman–Crippen MR) is 85.9 cm³/mol. The Hall–Kier alpha value is -2.96. The second kappa shape index (κ2) is 6.43. The van der Waals surface area contributed by atoms with E-state index in [-0.39, 0.29) is 5.69 Å². The van der Waals surface area contributed by atoms with Gasteiger partial charge in [0.2, 0.25) is 0 Å². The van der Waals surface area contributed by atoms with Crippen molar-refractivity contribution in [2.75, 3.05) is 36.0 Å². The highest BCUT2D eigenvalue weighted by Crippen LogP contribution is 2.30. The van der Waals surface area contributed by atoms with Crippen molar-refractivity contribution in [3.8, 4) is 0 Å². The number of hydrogen-bond acceptors (Lipinski definition) is 5. The van der Waals surface area contributed by atoms with Gasteiger partial charge in [0.25, 0.3) is 11.5 Å². The molecule has 3 rings (SSSR count). The van der Waals surface area contributed by atoms with Gasteiger partial charge in [-0.3, -0.25) is 19.8 Å². The molecule has 0 saturated carbocycles. The van der Waals surface area contributed by atoms with Crippen molar-refractivity contribution in [3.05, 3.63) is 58.3 Å². The fourth-order valence-electron chi connectivity index (χ4n) is 2.80. The van der Waals surface area contributed by atoms with Gasteiger partial charge in [-0.05, 0) is 18.2 Å². The average Bonchev–Trinajstić information content (AvgIpc) is 2.62. The number of aromatic amines is 1. The van der Waals surface area contributed by atoms with Gasteiger partial charge >= 0.3 is 0 Å². The van der Waals surface area contributed by atoms with Crippen molar-refractivity contribution in [2.45, 2.75) is 0 Å². The summed E-state index contributed by atoms with van der Waals surface area (Å²) in [7, 11) is 0. The summed E-state index contributed by atoms with van der Waals surface area (Å²) in [5.41, 5.74) is 0.865. The summed E-state index contributed by atoms with van der Waals surface area (Å²) in [4.78, 5) is 29.1. The summed E-state index contributed by atoms with van der Waals surface area (Å²) in [6, 6.07) is 10.5. The van der Waals surface area contributed by atoms with Gasteiger partial charge in [-0.1, -0.05) is 6.07 Å². The van der Waals surface area contributed by atoms with Crippen LogP contribution in [0.2, 0.25) is 0 Å². The quantitative estimate of drug-likeness (QED) is 0.486. The molecule has 118 valence electrons. The largest absolute Gasteiger partial charge is 0.358 e. The Bertz CT molecular complexity index is 713. The highest BCUT2D eigenvalue weighted by Gasteiger charge is 2.27. The fourth-order valence-corrected chi connectivity index (χ4v) is 2.80. The van der Waals surface area contributed by atoms with E-state index in [9.17, 15) is 14.9 Å². The van der Waals surface area contributed by atoms with Gasteiger partial charge in [-0.25, -0.2) is 4.98 Å². The van der Waals surface area contributed by atoms with Crippen LogP contribution >= 0.6 is 0 Å². The van der Waals surface area contributed by atoms with Crippen LogP contribution in [-0.2, 0) is 0 Å². The molecule has 1 aliphatic heterocycles. The molecule has 0 radical (unpaired) electrons. The number of pyridine rings is 1. The van der Waals surface area contributed by atoms with Gasteiger partial charge in [0.15, 0.2) is 0 Å². The average molecular weight is 313 g/mol. The van der Waals surface area contributed by atoms with Gasteiger partial charge in [-0.2, -0.15) is 0 Å². The standard InChI is InChI=1S/C16H16N4O3/c21-12-13-4-5-14(15(11-13)20(22)23)18-7-9-19(10-8-18)16-3-1-2-6-17-16/h1-6,11-12H,7-10H2/p+1. The Balaban J connectivity index is 1.77. The lowest BCUT2D eigenvalue weighted by atomic mass is 10.1. The molecule has 1 aromatic carbocycles. The molecule has 1 N–H and O–H groups in total. The number of hydrogen-bond donors (Lipinski definition) is 0. The van der Waals surface area contributed by atoms with Crippen molar-refractivity contribution >= 4 is 23.5 Å². The molecule has 2 aromatic rings. The Labute approximate surface area is 133 Å². The molecule has 1 aromatic heterocycles. The molecule has 0 spiro atoms. The molecule has 0 aliphatic carbocycles. The molecular formula is C16H17N4O3+. The van der Waals surface area contributed by atoms with Gasteiger partial charge in [0.05, 0.1) is 24.2 Å². The third-order valence-corrected chi connectivity index (χ3v) is 3.99. The number of nitro benzene ring substituents is 1. The number of nitrogens with one attached hydrogen (secondary N) is 1. The Kier molecular flexibility index (Phi) is 4.18. The molecule has 1 saturated heterocycles. The molecule has 0 amide bonds. The third kappa shape index (κ3) is 3.13. The van der Waals surface area contributed by atoms with E-state index in [0.717, 1.165) is 18.9 Å². The smallest absolute Gasteiger partial charge is 0.293 e. The van der Waals surface area contributed by atoms with Gasteiger partial charge in [0, 0.05) is 17.7 Å². The number of H-pyrrole nitrogens is 1. The second-order valence-electron chi connectivity index (χ2n) is 5.35. The molecule has 0 unspecified atom stereocenters. The summed E-state index contributed by atoms with van der Waals surface area (Å²) in [5, 5.41) is 11.3. The Morgan fingerprint density at radius 3 is 2.43 bits per heavy atom. The molecule has 2 heterocycles. The molecule has 7 heteroatoms. The number of carbonyl (C=O) groups is 1. The van der Waals surface area contributed by atoms with Crippen LogP contribution in [0.5, 0.6) is 0 Å². The van der Waals surface area contributed by atoms with Crippen LogP contribution in [0.4, 0.5) is 17.2 Å². The summed E-state index contributed by atoms with van der Waals surface area (Å²) >= 11 is 0. The van der Waals surface area contributed by atoms with Crippen LogP contribution in [0, 0.1) is 10.1 Å². The van der Waals surface area contributed by atoms with E-state index in [2.05, 4.69) is 9.88 Å². The lowest BCUT2D eigenvalue weighted by molar-refractivity contribution is -0.384. The maximum absolute atomic E-state index is 11.3. The second-order valence-corrected chi connectivity index (χ2v) is 5.35. The highest BCUT2D eigenvalue weighted by molar-refractivity contribution is 5.79. The number of nitrogens with zero attached hydrogens (tertiary/aromatic N) is 3. The molecule has 1 aliphatic rings. The van der Waals surface area contributed by atoms with Gasteiger partial charge in [-0.15, -0.1) is 0 Å². The number of piperazine rings is 1. The first kappa shape index (κ1) is 15.0. The van der Waals surface area contributed by atoms with Crippen molar-refractivity contribution in [1.82, 2.24) is 0 Å². The first-order valence-electron chi connectivity index (χ1n) is 7.39. The first-order chi connectivity index (χ1) is 11.2. The molecule has 0 bridgehead atoms. The number of carbonyl (C=O) groups excluding carboxylic acids is 1. The number of benzene rings is 1. The zero-order valence-corrected chi connectivity index (χ0v) is 12.5. The van der Waals surface area contributed by atoms with Crippen LogP contribution in [0.15, 0.2) is 42.6 Å². The van der Waals surface area contributed by atoms with Crippen LogP contribution in [-0.4, -0.2) is 37.4 Å². The zero-order valence-electron chi connectivity index (χ0n) is 12.5. The fraction of sp³-hybridized carbons (Fsp3) is 0.250. The van der Waals surface area contributed by atoms with Crippen LogP contribution < -0.4 is 14.8 Å². The van der Waals surface area contributed by atoms with E-state index >= 15 is 0 Å². The number of aldehydes is 1. The van der Waals surface area contributed by atoms with Gasteiger partial charge < -0.3 is 4.90 Å². The minimum atomic E-state index is -0.431. The predicted octanol–water partition coefficient (Wildman–Crippen LogP) is 1.55. The molecular weight excluding hydrogens is 296 g/mol. The number of aromatic nitrogens is 1. The molecule has 23 heavy (non-hydrogen) atoms. The molecule has 0 atom stereocenters. The van der Waals surface area contributed by atoms with Crippen molar-refractivity contribution in [2.24, 2.45) is 0 Å². The summed E-state index contributed by atoms with van der Waals surface area (Å²) in [5.74, 6) is 1.04. The van der Waals surface area contributed by atoms with Crippen LogP contribution in [0.25, 0.3) is 0 Å². The van der Waals surface area contributed by atoms with E-state index in [1.54, 1.807) is 12.1 Å². The van der Waals surface area contributed by atoms with Crippen molar-refractivity contribution < 1.29 is 14.7 Å². The van der Waals surface area contributed by atoms with E-state index < -0.39 is 4.92 Å². The highest BCUT2D eigenvalue weighted by atomic mass is 16.6. The zero-order chi connectivity index (χ0) is 16.2. The summed E-state index contributed by atoms with van der Waals surface area (Å²) in [6.07, 6.45) is 2.50. The van der Waals surface area contributed by atoms with E-state index in [4.69, 9.17) is 0 Å². The van der Waals surface area contributed by atoms with Crippen LogP contribution in [0.1, 0.15) is 10.4 Å². The van der Waals surface area contributed by atoms with E-state index in [1.165, 1.54) is 6.07 Å². The first-order valence-corrected chi connectivity index (χ1v) is 7.39. The monoisotopic (exact) mass is 313 g/mol. The topological polar surface area (TPSA) is 80.8 Å². The van der Waals surface area contributed by atoms with E-state index in [1.807, 2.05) is 29.3 Å². The normalized spacial score (nSPS) is 14.6. The minimum absolute atomic E-state index is 0.0191. The van der Waals surface area contributed by atoms with Crippen molar-refractivity contribution in [3.63, 3.8) is 0 Å². The SMILES string of the molecule is O=Cc1ccc(N2CCN(c3cccc[nH+]3)CC2)c([N+](=O)[O-])c1. The Morgan fingerprint density at radius 2 is 1.83 bits per heavy atom. The lowest BCUT2D eigenvalue weighted by Crippen LogP contribution is -2.48. The molecule has 1 fully saturated rings. The maximum Gasteiger partial charge on any atom is 0.293 e. The number of anilines is 2. The van der Waals surface area contributed by atoms with Crippen LogP contribution in [0.3, 0.4) is 0 Å². The summed E-state index contributed by atoms with van der Waals surface area (Å²) in [6.45, 7) is 2.91. The Morgan fingerprint density at radius 1 is 1.09 bits per heavy atom. The number of rotatable bonds is 4. The third-order valence-electron chi connectivity index (χ3n) is 3.99. The lowest BCUT2D eigenvalue weighted by Gasteiger charge is -2.32. The number of nitro groups is 1. The van der Waals surface area contributed by atoms with Crippen molar-refractivity contribution in [1.29, 1.82) is 0 Å². The molecule has 7 nitrogen and oxygen atoms in total. The van der Waals surface area contributed by atoms with E-state index in [0.29, 0.717) is 30.6 Å². The maximum atomic E-state index is 11.3. The summed E-state index contributed by atoms with van der Waals surface area (Å²) < 4.78 is 0. The van der Waals surface area contributed by atoms with Gasteiger partial charge in [0.1, 0.15) is 25.1 Å².